The number of rotatable bonds is 4. The minimum Gasteiger partial charge on any atom is -0.0876 e. The molecule has 0 heterocycles. The van der Waals surface area contributed by atoms with Gasteiger partial charge in [-0.15, -0.1) is 0 Å². The van der Waals surface area contributed by atoms with E-state index in [1.54, 1.807) is 0 Å². The maximum absolute atomic E-state index is 6.10. The van der Waals surface area contributed by atoms with E-state index < -0.39 is 0 Å². The van der Waals surface area contributed by atoms with Crippen LogP contribution in [0.3, 0.4) is 0 Å². The normalized spacial score (nSPS) is 13.1. The van der Waals surface area contributed by atoms with Crippen LogP contribution in [-0.2, 0) is 0 Å². The van der Waals surface area contributed by atoms with Gasteiger partial charge in [0.2, 0.25) is 0 Å². The van der Waals surface area contributed by atoms with Crippen LogP contribution in [0.2, 0.25) is 5.02 Å². The van der Waals surface area contributed by atoms with E-state index in [1.807, 2.05) is 26.0 Å². The lowest BCUT2D eigenvalue weighted by atomic mass is 9.92. The predicted octanol–water partition coefficient (Wildman–Crippen LogP) is 6.00. The van der Waals surface area contributed by atoms with E-state index in [4.69, 9.17) is 11.6 Å². The van der Waals surface area contributed by atoms with Crippen LogP contribution < -0.4 is 0 Å². The number of allylic oxidation sites excluding steroid dienone is 6. The van der Waals surface area contributed by atoms with Gasteiger partial charge in [0, 0.05) is 5.02 Å². The molecule has 0 spiro atoms. The molecule has 0 fully saturated rings. The van der Waals surface area contributed by atoms with Crippen molar-refractivity contribution in [1.29, 1.82) is 0 Å². The first kappa shape index (κ1) is 14.8. The third-order valence-corrected chi connectivity index (χ3v) is 3.00. The molecule has 1 aromatic rings. The van der Waals surface area contributed by atoms with Crippen molar-refractivity contribution in [2.75, 3.05) is 0 Å². The first-order valence-electron chi connectivity index (χ1n) is 6.35. The van der Waals surface area contributed by atoms with Crippen molar-refractivity contribution in [3.63, 3.8) is 0 Å². The first-order valence-corrected chi connectivity index (χ1v) is 6.73. The van der Waals surface area contributed by atoms with Crippen molar-refractivity contribution in [2.24, 2.45) is 0 Å². The molecule has 0 bridgehead atoms. The highest BCUT2D eigenvalue weighted by atomic mass is 35.5. The molecule has 0 aromatic heterocycles. The van der Waals surface area contributed by atoms with Crippen LogP contribution in [0.25, 0.3) is 5.57 Å². The summed E-state index contributed by atoms with van der Waals surface area (Å²) in [5.41, 5.74) is 3.76. The van der Waals surface area contributed by atoms with Gasteiger partial charge in [-0.1, -0.05) is 61.9 Å². The summed E-state index contributed by atoms with van der Waals surface area (Å²) in [4.78, 5) is 0. The second kappa shape index (κ2) is 7.23. The summed E-state index contributed by atoms with van der Waals surface area (Å²) in [7, 11) is 0. The number of hydrogen-bond acceptors (Lipinski definition) is 0. The SMILES string of the molecule is C\C=C/C=C(\C=C/C)c1ccc(Cl)cc1C(C)C. The molecule has 0 unspecified atom stereocenters. The fourth-order valence-corrected chi connectivity index (χ4v) is 2.07. The molecule has 18 heavy (non-hydrogen) atoms. The lowest BCUT2D eigenvalue weighted by molar-refractivity contribution is 0.863. The van der Waals surface area contributed by atoms with Crippen molar-refractivity contribution < 1.29 is 0 Å². The molecule has 0 saturated carbocycles. The molecule has 0 aliphatic carbocycles. The van der Waals surface area contributed by atoms with Gasteiger partial charge >= 0.3 is 0 Å². The maximum Gasteiger partial charge on any atom is 0.0409 e. The van der Waals surface area contributed by atoms with Crippen LogP contribution in [0, 0.1) is 0 Å². The Morgan fingerprint density at radius 1 is 1.17 bits per heavy atom. The summed E-state index contributed by atoms with van der Waals surface area (Å²) >= 11 is 6.10. The Kier molecular flexibility index (Phi) is 5.94. The van der Waals surface area contributed by atoms with Crippen molar-refractivity contribution >= 4 is 17.2 Å². The smallest absolute Gasteiger partial charge is 0.0409 e. The van der Waals surface area contributed by atoms with Gasteiger partial charge < -0.3 is 0 Å². The largest absolute Gasteiger partial charge is 0.0876 e. The zero-order valence-corrected chi connectivity index (χ0v) is 12.3. The Morgan fingerprint density at radius 3 is 2.44 bits per heavy atom. The van der Waals surface area contributed by atoms with E-state index in [1.165, 1.54) is 16.7 Å². The van der Waals surface area contributed by atoms with Gasteiger partial charge in [0.1, 0.15) is 0 Å². The van der Waals surface area contributed by atoms with Gasteiger partial charge in [-0.25, -0.2) is 0 Å². The van der Waals surface area contributed by atoms with Crippen LogP contribution in [0.4, 0.5) is 0 Å². The highest BCUT2D eigenvalue weighted by Gasteiger charge is 2.09. The monoisotopic (exact) mass is 260 g/mol. The molecule has 1 aromatic carbocycles. The summed E-state index contributed by atoms with van der Waals surface area (Å²) in [6.07, 6.45) is 10.4. The predicted molar refractivity (Wildman–Crippen MR) is 83.1 cm³/mol. The fourth-order valence-electron chi connectivity index (χ4n) is 1.89. The molecule has 96 valence electrons. The lowest BCUT2D eigenvalue weighted by Crippen LogP contribution is -1.95. The van der Waals surface area contributed by atoms with E-state index in [0.717, 1.165) is 5.02 Å². The van der Waals surface area contributed by atoms with Gasteiger partial charge in [0.25, 0.3) is 0 Å². The van der Waals surface area contributed by atoms with Gasteiger partial charge in [0.15, 0.2) is 0 Å². The van der Waals surface area contributed by atoms with E-state index in [-0.39, 0.29) is 0 Å². The van der Waals surface area contributed by atoms with Crippen LogP contribution in [0.1, 0.15) is 44.7 Å². The van der Waals surface area contributed by atoms with Crippen molar-refractivity contribution in [3.05, 3.63) is 64.7 Å². The van der Waals surface area contributed by atoms with E-state index in [9.17, 15) is 0 Å². The van der Waals surface area contributed by atoms with E-state index in [0.29, 0.717) is 5.92 Å². The van der Waals surface area contributed by atoms with Crippen LogP contribution >= 0.6 is 11.6 Å². The van der Waals surface area contributed by atoms with Gasteiger partial charge in [0.05, 0.1) is 0 Å². The molecule has 0 saturated heterocycles. The number of benzene rings is 1. The average molecular weight is 261 g/mol. The standard InChI is InChI=1S/C17H21Cl/c1-5-7-9-14(8-6-2)16-11-10-15(18)12-17(16)13(3)4/h5-13H,1-4H3/b7-5-,8-6-,14-9+. The van der Waals surface area contributed by atoms with Crippen molar-refractivity contribution in [2.45, 2.75) is 33.6 Å². The molecule has 0 aliphatic rings. The number of hydrogen-bond donors (Lipinski definition) is 0. The summed E-state index contributed by atoms with van der Waals surface area (Å²) in [6, 6.07) is 6.12. The summed E-state index contributed by atoms with van der Waals surface area (Å²) < 4.78 is 0. The zero-order chi connectivity index (χ0) is 13.5. The molecule has 1 rings (SSSR count). The van der Waals surface area contributed by atoms with Crippen LogP contribution in [0.5, 0.6) is 0 Å². The molecule has 1 heteroatoms. The topological polar surface area (TPSA) is 0 Å². The van der Waals surface area contributed by atoms with Crippen LogP contribution in [0.15, 0.2) is 48.6 Å². The van der Waals surface area contributed by atoms with E-state index >= 15 is 0 Å². The molecule has 0 amide bonds. The quantitative estimate of drug-likeness (QED) is 0.583. The Hall–Kier alpha value is -1.27. The highest BCUT2D eigenvalue weighted by Crippen LogP contribution is 2.29. The molecular formula is C17H21Cl. The minimum absolute atomic E-state index is 0.456. The summed E-state index contributed by atoms with van der Waals surface area (Å²) in [5.74, 6) is 0.456. The highest BCUT2D eigenvalue weighted by molar-refractivity contribution is 6.30. The second-order valence-electron chi connectivity index (χ2n) is 4.53. The Balaban J connectivity index is 3.36. The van der Waals surface area contributed by atoms with Crippen molar-refractivity contribution in [1.82, 2.24) is 0 Å². The molecule has 0 atom stereocenters. The summed E-state index contributed by atoms with van der Waals surface area (Å²) in [6.45, 7) is 8.44. The number of halogens is 1. The Labute approximate surface area is 116 Å². The van der Waals surface area contributed by atoms with Crippen LogP contribution in [-0.4, -0.2) is 0 Å². The fraction of sp³-hybridized carbons (Fsp3) is 0.294. The second-order valence-corrected chi connectivity index (χ2v) is 4.97. The Bertz CT molecular complexity index is 476. The van der Waals surface area contributed by atoms with Gasteiger partial charge in [-0.05, 0) is 48.6 Å². The summed E-state index contributed by atoms with van der Waals surface area (Å²) in [5, 5.41) is 0.799. The van der Waals surface area contributed by atoms with Crippen molar-refractivity contribution in [3.8, 4) is 0 Å². The maximum atomic E-state index is 6.10. The van der Waals surface area contributed by atoms with E-state index in [2.05, 4.69) is 50.3 Å². The molecule has 0 aliphatic heterocycles. The molecule has 0 radical (unpaired) electrons. The molecule has 0 nitrogen and oxygen atoms in total. The molecule has 0 N–H and O–H groups in total. The molecular weight excluding hydrogens is 240 g/mol. The van der Waals surface area contributed by atoms with Gasteiger partial charge in [-0.3, -0.25) is 0 Å². The zero-order valence-electron chi connectivity index (χ0n) is 11.6. The lowest BCUT2D eigenvalue weighted by Gasteiger charge is -2.14. The third kappa shape index (κ3) is 3.89. The third-order valence-electron chi connectivity index (χ3n) is 2.76. The van der Waals surface area contributed by atoms with Gasteiger partial charge in [-0.2, -0.15) is 0 Å². The first-order chi connectivity index (χ1) is 8.60. The minimum atomic E-state index is 0.456. The Morgan fingerprint density at radius 2 is 1.89 bits per heavy atom. The average Bonchev–Trinajstić information content (AvgIpc) is 2.34.